The molecule has 0 aromatic rings. The highest BCUT2D eigenvalue weighted by Crippen LogP contribution is 2.36. The van der Waals surface area contributed by atoms with Gasteiger partial charge in [0.05, 0.1) is 24.2 Å². The molecular formula is C57H91NO12. The van der Waals surface area contributed by atoms with E-state index in [2.05, 4.69) is 20.8 Å². The molecule has 13 nitrogen and oxygen atoms in total. The summed E-state index contributed by atoms with van der Waals surface area (Å²) in [6, 6.07) is -0.778. The second kappa shape index (κ2) is 29.1. The molecule has 3 fully saturated rings. The molecule has 14 atom stereocenters. The van der Waals surface area contributed by atoms with Gasteiger partial charge in [0.15, 0.2) is 11.6 Å². The van der Waals surface area contributed by atoms with Gasteiger partial charge in [0.25, 0.3) is 0 Å². The summed E-state index contributed by atoms with van der Waals surface area (Å²) in [6.45, 7) is 21.6. The summed E-state index contributed by atoms with van der Waals surface area (Å²) < 4.78 is 28.7. The van der Waals surface area contributed by atoms with Crippen LogP contribution in [0.4, 0.5) is 0 Å². The smallest absolute Gasteiger partial charge is 0.333 e. The Balaban J connectivity index is 1.72. The maximum atomic E-state index is 14.2. The Labute approximate surface area is 420 Å². The molecule has 70 heavy (non-hydrogen) atoms. The Morgan fingerprint density at radius 2 is 1.59 bits per heavy atom. The number of methoxy groups -OCH3 is 3. The van der Waals surface area contributed by atoms with Crippen LogP contribution in [0, 0.1) is 46.8 Å². The van der Waals surface area contributed by atoms with Crippen LogP contribution in [0.15, 0.2) is 59.4 Å². The van der Waals surface area contributed by atoms with Gasteiger partial charge in [0, 0.05) is 64.0 Å². The number of cyclic esters (lactones) is 1. The van der Waals surface area contributed by atoms with Crippen LogP contribution < -0.4 is 0 Å². The third kappa shape index (κ3) is 17.8. The number of aliphatic hydroxyl groups is 2. The molecule has 2 N–H and O–H groups in total. The largest absolute Gasteiger partial charge is 0.462 e. The molecule has 2 aliphatic heterocycles. The van der Waals surface area contributed by atoms with Crippen molar-refractivity contribution in [2.75, 3.05) is 27.9 Å². The number of likely N-dealkylation sites (tertiary alicyclic amines) is 1. The van der Waals surface area contributed by atoms with Gasteiger partial charge >= 0.3 is 11.9 Å². The Kier molecular flexibility index (Phi) is 25.2. The summed E-state index contributed by atoms with van der Waals surface area (Å²) in [7, 11) is 4.64. The van der Waals surface area contributed by atoms with Gasteiger partial charge in [0.1, 0.15) is 30.1 Å². The number of rotatable bonds is 26. The van der Waals surface area contributed by atoms with Crippen LogP contribution in [-0.4, -0.2) is 115 Å². The number of ether oxygens (including phenoxy) is 5. The molecule has 3 aliphatic rings. The molecule has 1 saturated carbocycles. The molecule has 2 heterocycles. The fourth-order valence-electron chi connectivity index (χ4n) is 9.98. The van der Waals surface area contributed by atoms with Crippen LogP contribution in [0.25, 0.3) is 0 Å². The lowest BCUT2D eigenvalue weighted by Gasteiger charge is -2.39. The summed E-state index contributed by atoms with van der Waals surface area (Å²) in [5.74, 6) is -2.90. The second-order valence-electron chi connectivity index (χ2n) is 21.6. The van der Waals surface area contributed by atoms with Crippen LogP contribution in [0.2, 0.25) is 0 Å². The highest BCUT2D eigenvalue weighted by Gasteiger charge is 2.41. The molecule has 0 aromatic carbocycles. The number of amides is 1. The van der Waals surface area contributed by atoms with Crippen LogP contribution >= 0.6 is 0 Å². The highest BCUT2D eigenvalue weighted by molar-refractivity contribution is 5.94. The third-order valence-corrected chi connectivity index (χ3v) is 15.7. The Hall–Kier alpha value is -3.75. The minimum Gasteiger partial charge on any atom is -0.462 e. The summed E-state index contributed by atoms with van der Waals surface area (Å²) in [4.78, 5) is 69.6. The first-order chi connectivity index (χ1) is 33.0. The van der Waals surface area contributed by atoms with Crippen LogP contribution in [0.3, 0.4) is 0 Å². The molecule has 0 spiro atoms. The number of piperidine rings is 1. The maximum Gasteiger partial charge on any atom is 0.333 e. The maximum absolute atomic E-state index is 14.2. The number of hydrogen-bond acceptors (Lipinski definition) is 12. The van der Waals surface area contributed by atoms with E-state index < -0.39 is 42.2 Å². The fraction of sp³-hybridized carbons (Fsp3) is 0.737. The van der Waals surface area contributed by atoms with E-state index in [1.54, 1.807) is 39.0 Å². The summed E-state index contributed by atoms with van der Waals surface area (Å²) in [6.07, 6.45) is 17.3. The zero-order chi connectivity index (χ0) is 52.5. The minimum atomic E-state index is -1.31. The number of Topliss-reactive ketones (excluding diaryl/α,β-unsaturated/α-hetero) is 1. The highest BCUT2D eigenvalue weighted by atomic mass is 16.6. The molecule has 1 aliphatic carbocycles. The molecule has 396 valence electrons. The monoisotopic (exact) mass is 982 g/mol. The SMILES string of the molecule is CCC(C)(C)C(C)C(=O)N1CCCCC1C(=O)OC(=CC(=O)[C@H](C)C=C(C)[C@@H](O)[C@@H](OC)C(=O)[C@H](C)C[C@H](C)C=CC=CC=C(C)[C@H](CC1CC[C@@H](C)C(=O)O1)OC)[C@H](C)CC1CC[C@@H](O)[C@H](OC)C1. The number of hydrogen-bond donors (Lipinski definition) is 2. The molecule has 0 radical (unpaired) electrons. The number of aliphatic hydroxyl groups excluding tert-OH is 2. The van der Waals surface area contributed by atoms with Gasteiger partial charge in [-0.1, -0.05) is 105 Å². The van der Waals surface area contributed by atoms with E-state index in [0.717, 1.165) is 44.1 Å². The predicted octanol–water partition coefficient (Wildman–Crippen LogP) is 9.63. The topological polar surface area (TPSA) is 175 Å². The van der Waals surface area contributed by atoms with Crippen molar-refractivity contribution in [3.8, 4) is 0 Å². The molecule has 0 aromatic heterocycles. The quantitative estimate of drug-likeness (QED) is 0.0277. The van der Waals surface area contributed by atoms with Gasteiger partial charge in [0.2, 0.25) is 5.91 Å². The summed E-state index contributed by atoms with van der Waals surface area (Å²) >= 11 is 0. The number of esters is 2. The first-order valence-electron chi connectivity index (χ1n) is 26.2. The van der Waals surface area contributed by atoms with Crippen molar-refractivity contribution < 1.29 is 57.9 Å². The standard InChI is InChI=1S/C57H91NO12/c1-15-57(10,11)42(9)54(63)58-28-20-19-23-45(58)56(65)70-49(39(6)31-43-25-27-46(59)50(32-43)67-13)34-47(60)38(5)30-41(8)52(62)53(68-14)51(61)40(7)29-35(2)21-17-16-18-22-36(3)48(66-12)33-44-26-24-37(4)55(64)69-44/h16-18,21-22,30,34-35,37-40,42-46,48,50,52-53,59,62H,15,19-20,23-29,31-33H2,1-14H3/t35-,37-,38-,39-,40-,42?,43?,44?,45?,46-,48+,50-,52-,53+/m1/s1. The molecule has 2 saturated heterocycles. The normalized spacial score (nSPS) is 26.8. The van der Waals surface area contributed by atoms with Crippen LogP contribution in [0.5, 0.6) is 0 Å². The first-order valence-corrected chi connectivity index (χ1v) is 26.2. The van der Waals surface area contributed by atoms with Crippen molar-refractivity contribution in [2.45, 2.75) is 196 Å². The number of carbonyl (C=O) groups is 5. The molecule has 1 amide bonds. The van der Waals surface area contributed by atoms with E-state index in [-0.39, 0.29) is 82.5 Å². The molecule has 13 heteroatoms. The van der Waals surface area contributed by atoms with Gasteiger partial charge in [-0.2, -0.15) is 0 Å². The Morgan fingerprint density at radius 1 is 0.886 bits per heavy atom. The van der Waals surface area contributed by atoms with Crippen molar-refractivity contribution in [3.63, 3.8) is 0 Å². The summed E-state index contributed by atoms with van der Waals surface area (Å²) in [5.41, 5.74) is 1.16. The van der Waals surface area contributed by atoms with Gasteiger partial charge in [-0.25, -0.2) is 4.79 Å². The van der Waals surface area contributed by atoms with Crippen LogP contribution in [-0.2, 0) is 47.7 Å². The lowest BCUT2D eigenvalue weighted by molar-refractivity contribution is -0.161. The predicted molar refractivity (Wildman–Crippen MR) is 273 cm³/mol. The second-order valence-corrected chi connectivity index (χ2v) is 21.6. The third-order valence-electron chi connectivity index (χ3n) is 15.7. The Bertz CT molecular complexity index is 1880. The lowest BCUT2D eigenvalue weighted by Crippen LogP contribution is -2.52. The first kappa shape index (κ1) is 60.6. The van der Waals surface area contributed by atoms with E-state index >= 15 is 0 Å². The van der Waals surface area contributed by atoms with Crippen molar-refractivity contribution in [1.82, 2.24) is 4.90 Å². The number of nitrogens with zero attached hydrogens (tertiary/aromatic N) is 1. The molecule has 4 unspecified atom stereocenters. The number of carbonyl (C=O) groups excluding carboxylic acids is 5. The Morgan fingerprint density at radius 3 is 2.21 bits per heavy atom. The lowest BCUT2D eigenvalue weighted by atomic mass is 9.76. The van der Waals surface area contributed by atoms with E-state index in [1.165, 1.54) is 13.2 Å². The van der Waals surface area contributed by atoms with E-state index in [4.69, 9.17) is 23.7 Å². The van der Waals surface area contributed by atoms with Crippen molar-refractivity contribution in [1.29, 1.82) is 0 Å². The average molecular weight is 982 g/mol. The van der Waals surface area contributed by atoms with Gasteiger partial charge in [-0.05, 0) is 106 Å². The average Bonchev–Trinajstić information content (AvgIpc) is 3.33. The fourth-order valence-corrected chi connectivity index (χ4v) is 9.98. The van der Waals surface area contributed by atoms with E-state index in [9.17, 15) is 34.2 Å². The molecule has 3 rings (SSSR count). The van der Waals surface area contributed by atoms with Crippen LogP contribution in [0.1, 0.15) is 153 Å². The van der Waals surface area contributed by atoms with Gasteiger partial charge in [-0.15, -0.1) is 0 Å². The molecule has 0 bridgehead atoms. The molecular weight excluding hydrogens is 891 g/mol. The van der Waals surface area contributed by atoms with Gasteiger partial charge < -0.3 is 38.8 Å². The van der Waals surface area contributed by atoms with Crippen molar-refractivity contribution >= 4 is 29.4 Å². The minimum absolute atomic E-state index is 0.0368. The van der Waals surface area contributed by atoms with Crippen molar-refractivity contribution in [3.05, 3.63) is 59.4 Å². The zero-order valence-electron chi connectivity index (χ0n) is 45.2. The number of ketones is 2. The van der Waals surface area contributed by atoms with E-state index in [1.807, 2.05) is 71.9 Å². The van der Waals surface area contributed by atoms with Crippen molar-refractivity contribution in [2.24, 2.45) is 46.8 Å². The van der Waals surface area contributed by atoms with Gasteiger partial charge in [-0.3, -0.25) is 19.2 Å². The number of allylic oxidation sites excluding steroid dienone is 8. The zero-order valence-corrected chi connectivity index (χ0v) is 45.2. The summed E-state index contributed by atoms with van der Waals surface area (Å²) in [5, 5.41) is 22.0. The van der Waals surface area contributed by atoms with E-state index in [0.29, 0.717) is 50.6 Å².